The van der Waals surface area contributed by atoms with Crippen molar-refractivity contribution in [2.75, 3.05) is 7.11 Å². The molecule has 0 atom stereocenters. The van der Waals surface area contributed by atoms with Gasteiger partial charge in [-0.3, -0.25) is 4.79 Å². The second kappa shape index (κ2) is 21.0. The number of ether oxygens (including phenoxy) is 1. The van der Waals surface area contributed by atoms with E-state index in [0.717, 1.165) is 0 Å². The van der Waals surface area contributed by atoms with Crippen LogP contribution in [0.25, 0.3) is 0 Å². The molecule has 0 spiro atoms. The van der Waals surface area contributed by atoms with Crippen molar-refractivity contribution in [3.63, 3.8) is 0 Å². The second-order valence-electron chi connectivity index (χ2n) is 2.50. The van der Waals surface area contributed by atoms with Gasteiger partial charge in [0.2, 0.25) is 0 Å². The number of nitrogens with zero attached hydrogens (tertiary/aromatic N) is 2. The number of methoxy groups -OCH3 is 1. The van der Waals surface area contributed by atoms with Gasteiger partial charge in [-0.05, 0) is 6.92 Å². The first-order valence-corrected chi connectivity index (χ1v) is 4.53. The van der Waals surface area contributed by atoms with Crippen molar-refractivity contribution in [2.45, 2.75) is 34.1 Å². The number of nitriles is 2. The van der Waals surface area contributed by atoms with Gasteiger partial charge in [0.25, 0.3) is 0 Å². The van der Waals surface area contributed by atoms with Gasteiger partial charge in [-0.15, -0.1) is 5.76 Å². The van der Waals surface area contributed by atoms with Crippen LogP contribution in [0.5, 0.6) is 0 Å². The Morgan fingerprint density at radius 2 is 1.59 bits per heavy atom. The molecule has 0 heterocycles. The summed E-state index contributed by atoms with van der Waals surface area (Å²) in [5.74, 6) is -0.396. The van der Waals surface area contributed by atoms with Crippen molar-refractivity contribution in [1.29, 1.82) is 10.5 Å². The molecule has 0 unspecified atom stereocenters. The Morgan fingerprint density at radius 3 is 1.59 bits per heavy atom. The van der Waals surface area contributed by atoms with Crippen LogP contribution in [0.2, 0.25) is 0 Å². The molecule has 0 amide bonds. The van der Waals surface area contributed by atoms with E-state index in [-0.39, 0.29) is 68.7 Å². The van der Waals surface area contributed by atoms with Crippen LogP contribution in [-0.4, -0.2) is 13.1 Å². The van der Waals surface area contributed by atoms with Gasteiger partial charge in [0.15, 0.2) is 0 Å². The number of carbonyl (C=O) groups is 1. The normalized spacial score (nSPS) is 8.18. The summed E-state index contributed by atoms with van der Waals surface area (Å²) in [5, 5.41) is 25.7. The molecular formula is C11H17KN2O3. The molecule has 0 rings (SSSR count). The van der Waals surface area contributed by atoms with Crippen LogP contribution >= 0.6 is 0 Å². The predicted molar refractivity (Wildman–Crippen MR) is 57.6 cm³/mol. The van der Waals surface area contributed by atoms with Crippen LogP contribution in [-0.2, 0) is 9.53 Å². The quantitative estimate of drug-likeness (QED) is 0.224. The molecule has 0 aliphatic rings. The zero-order chi connectivity index (χ0) is 13.6. The van der Waals surface area contributed by atoms with Crippen LogP contribution in [0.15, 0.2) is 11.3 Å². The molecule has 0 fully saturated rings. The van der Waals surface area contributed by atoms with Gasteiger partial charge in [-0.25, -0.2) is 0 Å². The molecular weight excluding hydrogens is 247 g/mol. The Morgan fingerprint density at radius 1 is 1.29 bits per heavy atom. The van der Waals surface area contributed by atoms with Gasteiger partial charge in [0.05, 0.1) is 19.2 Å². The van der Waals surface area contributed by atoms with Crippen LogP contribution in [0, 0.1) is 22.7 Å². The van der Waals surface area contributed by atoms with E-state index in [2.05, 4.69) is 4.74 Å². The minimum atomic E-state index is -0.245. The van der Waals surface area contributed by atoms with Crippen molar-refractivity contribution < 1.29 is 66.0 Å². The van der Waals surface area contributed by atoms with Crippen molar-refractivity contribution >= 4 is 5.97 Å². The van der Waals surface area contributed by atoms with E-state index >= 15 is 0 Å². The molecule has 6 heteroatoms. The summed E-state index contributed by atoms with van der Waals surface area (Å²) < 4.78 is 4.11. The molecule has 0 N–H and O–H groups in total. The van der Waals surface area contributed by atoms with Gasteiger partial charge in [0, 0.05) is 18.9 Å². The number of esters is 1. The van der Waals surface area contributed by atoms with E-state index < -0.39 is 0 Å². The van der Waals surface area contributed by atoms with E-state index in [9.17, 15) is 9.90 Å². The van der Waals surface area contributed by atoms with Gasteiger partial charge in [-0.1, -0.05) is 13.8 Å². The van der Waals surface area contributed by atoms with Gasteiger partial charge >= 0.3 is 57.4 Å². The molecule has 0 aliphatic carbocycles. The maximum atomic E-state index is 10.1. The van der Waals surface area contributed by atoms with E-state index in [4.69, 9.17) is 10.5 Å². The maximum Gasteiger partial charge on any atom is 1.00 e. The molecule has 5 nitrogen and oxygen atoms in total. The Kier molecular flexibility index (Phi) is 31.4. The SMILES string of the molecule is C/C([O-])=C(\C)C#N.CCC#N.COC(C)=O.[K+]. The Bertz CT molecular complexity index is 297. The Labute approximate surface area is 145 Å². The van der Waals surface area contributed by atoms with E-state index in [0.29, 0.717) is 6.42 Å². The van der Waals surface area contributed by atoms with Crippen LogP contribution in [0.4, 0.5) is 0 Å². The number of carbonyl (C=O) groups excluding carboxylic acids is 1. The average Bonchev–Trinajstić information content (AvgIpc) is 2.28. The first kappa shape index (κ1) is 25.5. The molecule has 0 aromatic carbocycles. The fourth-order valence-corrected chi connectivity index (χ4v) is 0.0787. The van der Waals surface area contributed by atoms with Gasteiger partial charge < -0.3 is 9.84 Å². The number of allylic oxidation sites excluding steroid dienone is 2. The van der Waals surface area contributed by atoms with Crippen molar-refractivity contribution in [2.24, 2.45) is 0 Å². The summed E-state index contributed by atoms with van der Waals surface area (Å²) in [5.41, 5.74) is 0.264. The minimum absolute atomic E-state index is 0. The van der Waals surface area contributed by atoms with Crippen molar-refractivity contribution in [3.8, 4) is 12.1 Å². The van der Waals surface area contributed by atoms with Crippen LogP contribution in [0.1, 0.15) is 34.1 Å². The summed E-state index contributed by atoms with van der Waals surface area (Å²) >= 11 is 0. The zero-order valence-electron chi connectivity index (χ0n) is 11.3. The summed E-state index contributed by atoms with van der Waals surface area (Å²) in [4.78, 5) is 9.59. The predicted octanol–water partition coefficient (Wildman–Crippen LogP) is -1.73. The maximum absolute atomic E-state index is 10.1. The first-order valence-electron chi connectivity index (χ1n) is 4.53. The summed E-state index contributed by atoms with van der Waals surface area (Å²) in [6.45, 7) is 6.06. The van der Waals surface area contributed by atoms with Crippen LogP contribution in [0.3, 0.4) is 0 Å². The first-order chi connectivity index (χ1) is 7.37. The number of hydrogen-bond donors (Lipinski definition) is 0. The van der Waals surface area contributed by atoms with Gasteiger partial charge in [0.1, 0.15) is 0 Å². The third kappa shape index (κ3) is 39.0. The van der Waals surface area contributed by atoms with Crippen molar-refractivity contribution in [3.05, 3.63) is 11.3 Å². The van der Waals surface area contributed by atoms with E-state index in [1.54, 1.807) is 6.07 Å². The molecule has 17 heavy (non-hydrogen) atoms. The third-order valence-electron chi connectivity index (χ3n) is 1.14. The molecule has 0 aromatic rings. The molecule has 0 bridgehead atoms. The van der Waals surface area contributed by atoms with E-state index in [1.807, 2.05) is 13.0 Å². The second-order valence-corrected chi connectivity index (χ2v) is 2.50. The largest absolute Gasteiger partial charge is 1.00 e. The summed E-state index contributed by atoms with van der Waals surface area (Å²) in [6, 6.07) is 3.66. The zero-order valence-corrected chi connectivity index (χ0v) is 14.4. The van der Waals surface area contributed by atoms with Crippen LogP contribution < -0.4 is 56.5 Å². The molecule has 0 saturated carbocycles. The number of rotatable bonds is 0. The fraction of sp³-hybridized carbons (Fsp3) is 0.545. The summed E-state index contributed by atoms with van der Waals surface area (Å²) in [7, 11) is 1.35. The smallest absolute Gasteiger partial charge is 0.875 e. The third-order valence-corrected chi connectivity index (χ3v) is 1.14. The van der Waals surface area contributed by atoms with Gasteiger partial charge in [-0.2, -0.15) is 10.5 Å². The number of hydrogen-bond acceptors (Lipinski definition) is 5. The minimum Gasteiger partial charge on any atom is -0.875 e. The molecule has 90 valence electrons. The molecule has 0 aromatic heterocycles. The van der Waals surface area contributed by atoms with Crippen molar-refractivity contribution in [1.82, 2.24) is 0 Å². The fourth-order valence-electron chi connectivity index (χ4n) is 0.0787. The monoisotopic (exact) mass is 264 g/mol. The van der Waals surface area contributed by atoms with E-state index in [1.165, 1.54) is 27.9 Å². The standard InChI is InChI=1S/C5H7NO.C3H5N.C3H6O2.K/c1-4(3-6)5(2)7;1-2-3-4;1-3(4)5-2;/h7H,1-2H3;2H2,1H3;1-2H3;/q;;;+1/p-1/b5-4-;;;. The Balaban J connectivity index is -0.0000000757. The average molecular weight is 264 g/mol. The molecule has 0 saturated heterocycles. The summed E-state index contributed by atoms with van der Waals surface area (Å²) in [6.07, 6.45) is 0.625. The topological polar surface area (TPSA) is 96.9 Å². The molecule has 0 aliphatic heterocycles. The molecule has 0 radical (unpaired) electrons. The Hall–Kier alpha value is -0.374.